The van der Waals surface area contributed by atoms with Crippen LogP contribution in [0.5, 0.6) is 0 Å². The number of para-hydroxylation sites is 1. The Morgan fingerprint density at radius 3 is 2.58 bits per heavy atom. The van der Waals surface area contributed by atoms with Gasteiger partial charge in [0.25, 0.3) is 5.97 Å². The predicted molar refractivity (Wildman–Crippen MR) is 74.0 cm³/mol. The number of carboxylic acids is 1. The fourth-order valence-corrected chi connectivity index (χ4v) is 1.56. The van der Waals surface area contributed by atoms with Crippen molar-refractivity contribution >= 4 is 11.7 Å². The molecule has 0 saturated carbocycles. The molecule has 3 N–H and O–H groups in total. The number of rotatable bonds is 5. The first-order chi connectivity index (χ1) is 9.06. The first-order valence-corrected chi connectivity index (χ1v) is 6.13. The molecule has 0 amide bonds. The minimum absolute atomic E-state index is 0.183. The number of nitrogens with zero attached hydrogens (tertiary/aromatic N) is 1. The van der Waals surface area contributed by atoms with Crippen molar-refractivity contribution in [2.75, 3.05) is 18.5 Å². The second kappa shape index (κ2) is 9.92. The van der Waals surface area contributed by atoms with Crippen LogP contribution in [0.15, 0.2) is 18.2 Å². The number of nitriles is 1. The van der Waals surface area contributed by atoms with Crippen molar-refractivity contribution in [2.24, 2.45) is 0 Å². The molecule has 1 rings (SSSR count). The molecule has 0 bridgehead atoms. The van der Waals surface area contributed by atoms with E-state index in [0.717, 1.165) is 37.6 Å². The molecule has 0 unspecified atom stereocenters. The largest absolute Gasteiger partial charge is 0.481 e. The van der Waals surface area contributed by atoms with Gasteiger partial charge in [0.1, 0.15) is 6.07 Å². The Morgan fingerprint density at radius 2 is 2.11 bits per heavy atom. The van der Waals surface area contributed by atoms with Crippen LogP contribution in [0.2, 0.25) is 0 Å². The molecule has 0 saturated heterocycles. The van der Waals surface area contributed by atoms with Crippen LogP contribution in [0.25, 0.3) is 0 Å². The standard InChI is InChI=1S/C12H16N2O.C2H4O2/c1-2-14-12-10(7-4-8-15)5-3-6-11(12)9-13;1-2(3)4/h3,5-6,14-15H,2,4,7-8H2,1H3;1H3,(H,3,4). The molecule has 1 aromatic rings. The van der Waals surface area contributed by atoms with Gasteiger partial charge in [-0.1, -0.05) is 12.1 Å². The van der Waals surface area contributed by atoms with E-state index in [9.17, 15) is 0 Å². The summed E-state index contributed by atoms with van der Waals surface area (Å²) in [6.07, 6.45) is 1.53. The number of carboxylic acid groups (broad SMARTS) is 1. The molecule has 0 heterocycles. The quantitative estimate of drug-likeness (QED) is 0.756. The van der Waals surface area contributed by atoms with Crippen LogP contribution in [0.3, 0.4) is 0 Å². The maximum absolute atomic E-state index is 9.00. The van der Waals surface area contributed by atoms with Gasteiger partial charge in [-0.15, -0.1) is 0 Å². The molecule has 104 valence electrons. The summed E-state index contributed by atoms with van der Waals surface area (Å²) in [5, 5.41) is 28.4. The van der Waals surface area contributed by atoms with Gasteiger partial charge in [-0.25, -0.2) is 0 Å². The average molecular weight is 264 g/mol. The summed E-state index contributed by atoms with van der Waals surface area (Å²) in [6.45, 7) is 4.07. The Labute approximate surface area is 113 Å². The molecule has 1 aromatic carbocycles. The third-order valence-corrected chi connectivity index (χ3v) is 2.23. The van der Waals surface area contributed by atoms with Crippen molar-refractivity contribution in [1.82, 2.24) is 0 Å². The molecule has 0 atom stereocenters. The Kier molecular flexibility index (Phi) is 8.84. The topological polar surface area (TPSA) is 93.4 Å². The van der Waals surface area contributed by atoms with Gasteiger partial charge in [0, 0.05) is 20.1 Å². The highest BCUT2D eigenvalue weighted by Gasteiger charge is 2.06. The highest BCUT2D eigenvalue weighted by Crippen LogP contribution is 2.21. The second-order valence-electron chi connectivity index (χ2n) is 3.83. The van der Waals surface area contributed by atoms with E-state index >= 15 is 0 Å². The van der Waals surface area contributed by atoms with Gasteiger partial charge in [-0.2, -0.15) is 5.26 Å². The molecule has 0 fully saturated rings. The third-order valence-electron chi connectivity index (χ3n) is 2.23. The van der Waals surface area contributed by atoms with E-state index < -0.39 is 5.97 Å². The third kappa shape index (κ3) is 7.06. The monoisotopic (exact) mass is 264 g/mol. The lowest BCUT2D eigenvalue weighted by molar-refractivity contribution is -0.134. The van der Waals surface area contributed by atoms with Gasteiger partial charge in [0.05, 0.1) is 11.3 Å². The Balaban J connectivity index is 0.000000711. The molecule has 0 radical (unpaired) electrons. The van der Waals surface area contributed by atoms with Gasteiger partial charge >= 0.3 is 0 Å². The normalized spacial score (nSPS) is 8.95. The summed E-state index contributed by atoms with van der Waals surface area (Å²) in [6, 6.07) is 7.85. The van der Waals surface area contributed by atoms with Gasteiger partial charge in [-0.3, -0.25) is 4.79 Å². The predicted octanol–water partition coefficient (Wildman–Crippen LogP) is 2.01. The SMILES string of the molecule is CC(=O)O.CCNc1c(C#N)cccc1CCCO. The summed E-state index contributed by atoms with van der Waals surface area (Å²) in [7, 11) is 0. The van der Waals surface area contributed by atoms with Crippen LogP contribution in [0, 0.1) is 11.3 Å². The lowest BCUT2D eigenvalue weighted by Crippen LogP contribution is -2.04. The van der Waals surface area contributed by atoms with E-state index in [0.29, 0.717) is 5.56 Å². The molecule has 19 heavy (non-hydrogen) atoms. The van der Waals surface area contributed by atoms with Crippen molar-refractivity contribution in [1.29, 1.82) is 5.26 Å². The van der Waals surface area contributed by atoms with E-state index in [-0.39, 0.29) is 6.61 Å². The summed E-state index contributed by atoms with van der Waals surface area (Å²) >= 11 is 0. The molecule has 0 aliphatic carbocycles. The van der Waals surface area contributed by atoms with Crippen LogP contribution in [0.1, 0.15) is 31.4 Å². The zero-order chi connectivity index (χ0) is 14.7. The Hall–Kier alpha value is -2.06. The molecule has 0 aliphatic heterocycles. The number of aryl methyl sites for hydroxylation is 1. The molecule has 0 spiro atoms. The highest BCUT2D eigenvalue weighted by atomic mass is 16.4. The Bertz CT molecular complexity index is 435. The van der Waals surface area contributed by atoms with Gasteiger partial charge < -0.3 is 15.5 Å². The second-order valence-corrected chi connectivity index (χ2v) is 3.83. The molecular formula is C14H20N2O3. The van der Waals surface area contributed by atoms with Crippen molar-refractivity contribution < 1.29 is 15.0 Å². The number of nitrogens with one attached hydrogen (secondary N) is 1. The number of carbonyl (C=O) groups is 1. The number of aliphatic hydroxyl groups is 1. The number of benzene rings is 1. The van der Waals surface area contributed by atoms with Gasteiger partial charge in [-0.05, 0) is 31.4 Å². The fourth-order valence-electron chi connectivity index (χ4n) is 1.56. The fraction of sp³-hybridized carbons (Fsp3) is 0.429. The number of anilines is 1. The maximum atomic E-state index is 9.00. The maximum Gasteiger partial charge on any atom is 0.300 e. The molecular weight excluding hydrogens is 244 g/mol. The molecule has 0 aromatic heterocycles. The zero-order valence-electron chi connectivity index (χ0n) is 11.3. The molecule has 5 heteroatoms. The first kappa shape index (κ1) is 16.9. The summed E-state index contributed by atoms with van der Waals surface area (Å²) in [4.78, 5) is 9.00. The van der Waals surface area contributed by atoms with E-state index in [1.54, 1.807) is 6.07 Å². The van der Waals surface area contributed by atoms with Crippen LogP contribution < -0.4 is 5.32 Å². The minimum Gasteiger partial charge on any atom is -0.481 e. The lowest BCUT2D eigenvalue weighted by atomic mass is 10.0. The van der Waals surface area contributed by atoms with Gasteiger partial charge in [0.15, 0.2) is 0 Å². The molecule has 5 nitrogen and oxygen atoms in total. The van der Waals surface area contributed by atoms with Crippen molar-refractivity contribution in [3.63, 3.8) is 0 Å². The van der Waals surface area contributed by atoms with Crippen LogP contribution in [0.4, 0.5) is 5.69 Å². The number of hydrogen-bond donors (Lipinski definition) is 3. The van der Waals surface area contributed by atoms with Crippen LogP contribution >= 0.6 is 0 Å². The molecule has 0 aliphatic rings. The number of aliphatic hydroxyl groups excluding tert-OH is 1. The highest BCUT2D eigenvalue weighted by molar-refractivity contribution is 5.63. The lowest BCUT2D eigenvalue weighted by Gasteiger charge is -2.11. The van der Waals surface area contributed by atoms with E-state index in [2.05, 4.69) is 11.4 Å². The van der Waals surface area contributed by atoms with E-state index in [1.807, 2.05) is 19.1 Å². The zero-order valence-corrected chi connectivity index (χ0v) is 11.3. The van der Waals surface area contributed by atoms with Gasteiger partial charge in [0.2, 0.25) is 0 Å². The van der Waals surface area contributed by atoms with Crippen molar-refractivity contribution in [3.05, 3.63) is 29.3 Å². The van der Waals surface area contributed by atoms with E-state index in [1.165, 1.54) is 0 Å². The first-order valence-electron chi connectivity index (χ1n) is 6.13. The van der Waals surface area contributed by atoms with Crippen molar-refractivity contribution in [2.45, 2.75) is 26.7 Å². The minimum atomic E-state index is -0.833. The summed E-state index contributed by atoms with van der Waals surface area (Å²) in [5.41, 5.74) is 2.69. The number of aliphatic carboxylic acids is 1. The van der Waals surface area contributed by atoms with E-state index in [4.69, 9.17) is 20.3 Å². The number of hydrogen-bond acceptors (Lipinski definition) is 4. The summed E-state index contributed by atoms with van der Waals surface area (Å²) < 4.78 is 0. The van der Waals surface area contributed by atoms with Crippen LogP contribution in [-0.2, 0) is 11.2 Å². The van der Waals surface area contributed by atoms with Crippen LogP contribution in [-0.4, -0.2) is 29.3 Å². The summed E-state index contributed by atoms with van der Waals surface area (Å²) in [5.74, 6) is -0.833. The smallest absolute Gasteiger partial charge is 0.300 e. The Morgan fingerprint density at radius 1 is 1.47 bits per heavy atom. The average Bonchev–Trinajstić information content (AvgIpc) is 2.37. The van der Waals surface area contributed by atoms with Crippen molar-refractivity contribution in [3.8, 4) is 6.07 Å².